The van der Waals surface area contributed by atoms with Crippen molar-refractivity contribution in [3.8, 4) is 0 Å². The summed E-state index contributed by atoms with van der Waals surface area (Å²) in [6.07, 6.45) is 5.38. The van der Waals surface area contributed by atoms with Crippen LogP contribution in [0.5, 0.6) is 0 Å². The van der Waals surface area contributed by atoms with E-state index in [0.717, 1.165) is 11.0 Å². The molecule has 0 unspecified atom stereocenters. The van der Waals surface area contributed by atoms with E-state index < -0.39 is 0 Å². The Hall–Kier alpha value is -2.61. The second kappa shape index (κ2) is 5.36. The molecule has 0 saturated heterocycles. The maximum Gasteiger partial charge on any atom is 0.133 e. The zero-order chi connectivity index (χ0) is 12.9. The van der Waals surface area contributed by atoms with E-state index in [9.17, 15) is 0 Å². The van der Waals surface area contributed by atoms with Gasteiger partial charge in [-0.15, -0.1) is 0 Å². The number of benzene rings is 2. The van der Waals surface area contributed by atoms with Crippen molar-refractivity contribution in [3.63, 3.8) is 0 Å². The molecule has 2 heterocycles. The summed E-state index contributed by atoms with van der Waals surface area (Å²) in [5.74, 6) is 0. The number of aromatic nitrogens is 1. The molecule has 0 aliphatic rings. The van der Waals surface area contributed by atoms with Gasteiger partial charge in [0.25, 0.3) is 0 Å². The monoisotopic (exact) mass is 247 g/mol. The van der Waals surface area contributed by atoms with Crippen LogP contribution < -0.4 is 0 Å². The summed E-state index contributed by atoms with van der Waals surface area (Å²) >= 11 is 0. The van der Waals surface area contributed by atoms with Crippen LogP contribution in [0.25, 0.3) is 21.7 Å². The van der Waals surface area contributed by atoms with Gasteiger partial charge in [-0.2, -0.15) is 0 Å². The van der Waals surface area contributed by atoms with E-state index >= 15 is 0 Å². The third kappa shape index (κ3) is 2.63. The first kappa shape index (κ1) is 11.5. The van der Waals surface area contributed by atoms with Gasteiger partial charge in [0, 0.05) is 17.8 Å². The molecule has 2 heteroatoms. The topological polar surface area (TPSA) is 26.0 Å². The predicted molar refractivity (Wildman–Crippen MR) is 78.0 cm³/mol. The van der Waals surface area contributed by atoms with E-state index in [0.29, 0.717) is 0 Å². The summed E-state index contributed by atoms with van der Waals surface area (Å²) < 4.78 is 5.12. The molecule has 2 aromatic heterocycles. The number of nitrogens with zero attached hydrogens (tertiary/aromatic N) is 1. The molecule has 4 rings (SSSR count). The Morgan fingerprint density at radius 3 is 2.21 bits per heavy atom. The number of para-hydroxylation sites is 1. The quantitative estimate of drug-likeness (QED) is 0.451. The Morgan fingerprint density at radius 1 is 0.684 bits per heavy atom. The number of hydrogen-bond acceptors (Lipinski definition) is 2. The van der Waals surface area contributed by atoms with Crippen molar-refractivity contribution < 1.29 is 4.42 Å². The SMILES string of the molecule is c1ccc2cnccc2c1.c1ccc2occc2c1. The average Bonchev–Trinajstić information content (AvgIpc) is 2.96. The van der Waals surface area contributed by atoms with Crippen molar-refractivity contribution in [3.05, 3.63) is 79.3 Å². The van der Waals surface area contributed by atoms with Crippen LogP contribution in [0.3, 0.4) is 0 Å². The summed E-state index contributed by atoms with van der Waals surface area (Å²) in [6.45, 7) is 0. The number of hydrogen-bond donors (Lipinski definition) is 0. The van der Waals surface area contributed by atoms with E-state index in [2.05, 4.69) is 17.1 Å². The van der Waals surface area contributed by atoms with E-state index in [1.54, 1.807) is 6.26 Å². The highest BCUT2D eigenvalue weighted by atomic mass is 16.3. The first-order chi connectivity index (χ1) is 9.43. The minimum Gasteiger partial charge on any atom is -0.464 e. The molecule has 92 valence electrons. The van der Waals surface area contributed by atoms with Gasteiger partial charge in [0.2, 0.25) is 0 Å². The minimum absolute atomic E-state index is 0.956. The molecule has 2 nitrogen and oxygen atoms in total. The van der Waals surface area contributed by atoms with Crippen molar-refractivity contribution in [1.82, 2.24) is 4.98 Å². The van der Waals surface area contributed by atoms with Crippen molar-refractivity contribution in [2.24, 2.45) is 0 Å². The molecule has 0 aliphatic heterocycles. The fourth-order valence-electron chi connectivity index (χ4n) is 1.93. The molecule has 0 saturated carbocycles. The van der Waals surface area contributed by atoms with Crippen LogP contribution in [0.15, 0.2) is 83.7 Å². The van der Waals surface area contributed by atoms with Gasteiger partial charge in [0.15, 0.2) is 0 Å². The van der Waals surface area contributed by atoms with E-state index in [4.69, 9.17) is 4.42 Å². The summed E-state index contributed by atoms with van der Waals surface area (Å²) in [6, 6.07) is 20.1. The van der Waals surface area contributed by atoms with Crippen LogP contribution in [0, 0.1) is 0 Å². The molecule has 0 amide bonds. The summed E-state index contributed by atoms with van der Waals surface area (Å²) in [4.78, 5) is 4.01. The van der Waals surface area contributed by atoms with Gasteiger partial charge < -0.3 is 4.42 Å². The number of rotatable bonds is 0. The minimum atomic E-state index is 0.956. The summed E-state index contributed by atoms with van der Waals surface area (Å²) in [5.41, 5.74) is 0.956. The Labute approximate surface area is 111 Å². The molecular formula is C17H13NO. The fraction of sp³-hybridized carbons (Fsp3) is 0. The number of pyridine rings is 1. The van der Waals surface area contributed by atoms with E-state index in [1.165, 1.54) is 10.8 Å². The van der Waals surface area contributed by atoms with Crippen LogP contribution in [0.4, 0.5) is 0 Å². The molecule has 19 heavy (non-hydrogen) atoms. The van der Waals surface area contributed by atoms with Crippen LogP contribution >= 0.6 is 0 Å². The van der Waals surface area contributed by atoms with Crippen LogP contribution in [0.1, 0.15) is 0 Å². The van der Waals surface area contributed by atoms with E-state index in [1.807, 2.05) is 60.9 Å². The molecule has 0 bridgehead atoms. The third-order valence-electron chi connectivity index (χ3n) is 2.91. The zero-order valence-corrected chi connectivity index (χ0v) is 10.4. The second-order valence-corrected chi connectivity index (χ2v) is 4.18. The highest BCUT2D eigenvalue weighted by Crippen LogP contribution is 2.12. The second-order valence-electron chi connectivity index (χ2n) is 4.18. The van der Waals surface area contributed by atoms with Crippen LogP contribution in [-0.2, 0) is 0 Å². The van der Waals surface area contributed by atoms with Crippen LogP contribution in [-0.4, -0.2) is 4.98 Å². The van der Waals surface area contributed by atoms with Crippen molar-refractivity contribution >= 4 is 21.7 Å². The Balaban J connectivity index is 0.000000117. The molecule has 0 atom stereocenters. The molecule has 4 aromatic rings. The lowest BCUT2D eigenvalue weighted by Crippen LogP contribution is -1.71. The maximum atomic E-state index is 5.12. The van der Waals surface area contributed by atoms with Crippen molar-refractivity contribution in [1.29, 1.82) is 0 Å². The lowest BCUT2D eigenvalue weighted by atomic mass is 10.2. The molecule has 0 fully saturated rings. The smallest absolute Gasteiger partial charge is 0.133 e. The highest BCUT2D eigenvalue weighted by molar-refractivity contribution is 5.81. The Kier molecular flexibility index (Phi) is 3.24. The van der Waals surface area contributed by atoms with Gasteiger partial charge in [-0.25, -0.2) is 0 Å². The van der Waals surface area contributed by atoms with Gasteiger partial charge >= 0.3 is 0 Å². The molecule has 0 N–H and O–H groups in total. The number of furan rings is 1. The predicted octanol–water partition coefficient (Wildman–Crippen LogP) is 4.67. The van der Waals surface area contributed by atoms with Crippen molar-refractivity contribution in [2.75, 3.05) is 0 Å². The lowest BCUT2D eigenvalue weighted by Gasteiger charge is -1.91. The van der Waals surface area contributed by atoms with Gasteiger partial charge in [-0.05, 0) is 29.0 Å². The summed E-state index contributed by atoms with van der Waals surface area (Å²) in [7, 11) is 0. The highest BCUT2D eigenvalue weighted by Gasteiger charge is 1.89. The van der Waals surface area contributed by atoms with Crippen LogP contribution in [0.2, 0.25) is 0 Å². The first-order valence-corrected chi connectivity index (χ1v) is 6.14. The standard InChI is InChI=1S/C9H7N.C8H6O/c1-2-4-9-7-10-6-5-8(9)3-1;1-2-4-8-7(3-1)5-6-9-8/h1-7H;1-6H. The van der Waals surface area contributed by atoms with Gasteiger partial charge in [0.05, 0.1) is 6.26 Å². The van der Waals surface area contributed by atoms with Gasteiger partial charge in [0.1, 0.15) is 5.58 Å². The molecular weight excluding hydrogens is 234 g/mol. The first-order valence-electron chi connectivity index (χ1n) is 6.14. The molecule has 0 spiro atoms. The Morgan fingerprint density at radius 2 is 1.42 bits per heavy atom. The van der Waals surface area contributed by atoms with E-state index in [-0.39, 0.29) is 0 Å². The summed E-state index contributed by atoms with van der Waals surface area (Å²) in [5, 5.41) is 3.61. The molecule has 2 aromatic carbocycles. The lowest BCUT2D eigenvalue weighted by molar-refractivity contribution is 0.616. The molecule has 0 aliphatic carbocycles. The molecule has 0 radical (unpaired) electrons. The van der Waals surface area contributed by atoms with Gasteiger partial charge in [-0.1, -0.05) is 42.5 Å². The normalized spacial score (nSPS) is 10.1. The zero-order valence-electron chi connectivity index (χ0n) is 10.4. The largest absolute Gasteiger partial charge is 0.464 e. The Bertz CT molecular complexity index is 693. The average molecular weight is 247 g/mol. The fourth-order valence-corrected chi connectivity index (χ4v) is 1.93. The maximum absolute atomic E-state index is 5.12. The van der Waals surface area contributed by atoms with Gasteiger partial charge in [-0.3, -0.25) is 4.98 Å². The van der Waals surface area contributed by atoms with Crippen molar-refractivity contribution in [2.45, 2.75) is 0 Å². The number of fused-ring (bicyclic) bond motifs is 2. The third-order valence-corrected chi connectivity index (χ3v) is 2.91.